The molecule has 21 nitrogen and oxygen atoms in total. The zero-order chi connectivity index (χ0) is 39.3. The van der Waals surface area contributed by atoms with E-state index in [1.54, 1.807) is 13.8 Å². The lowest BCUT2D eigenvalue weighted by Crippen LogP contribution is -2.59. The number of aliphatic hydroxyl groups is 1. The maximum atomic E-state index is 13.2. The quantitative estimate of drug-likeness (QED) is 0.0245. The standard InChI is InChI=1S/C31H47N9O12/c1-14(2)10-17(26(47)39-19(13-41)28(49)37-16(30(51)52)6-4-8-34-31(32)33)38-27(48)18(11-22(43)44)36-21(42)12-35-29(50)20-7-5-9-40(20)23-15(3)24(45)25(23)46/h14,16-20,41H,4-13H2,1-3H3,(H,35,50)(H,36,42)(H,37,49)(H,38,48)(H,39,47)(H,43,44)(H,51,52)(H4,32,33,34)/t16?,17?,18?,19-,20?/m1/s1. The van der Waals surface area contributed by atoms with Crippen molar-refractivity contribution < 1.29 is 48.9 Å². The van der Waals surface area contributed by atoms with Gasteiger partial charge in [0.2, 0.25) is 40.4 Å². The van der Waals surface area contributed by atoms with E-state index in [2.05, 4.69) is 31.6 Å². The summed E-state index contributed by atoms with van der Waals surface area (Å²) in [5.41, 5.74) is 9.53. The Labute approximate surface area is 297 Å². The molecule has 288 valence electrons. The second kappa shape index (κ2) is 19.7. The fraction of sp³-hybridized carbons (Fsp3) is 0.613. The van der Waals surface area contributed by atoms with Crippen LogP contribution in [0, 0.1) is 12.8 Å². The third kappa shape index (κ3) is 12.3. The van der Waals surface area contributed by atoms with Gasteiger partial charge in [-0.3, -0.25) is 43.3 Å². The van der Waals surface area contributed by atoms with Gasteiger partial charge in [0.1, 0.15) is 30.2 Å². The summed E-state index contributed by atoms with van der Waals surface area (Å²) in [5.74, 6) is -8.00. The number of anilines is 1. The van der Waals surface area contributed by atoms with Gasteiger partial charge in [-0.2, -0.15) is 0 Å². The second-order valence-corrected chi connectivity index (χ2v) is 12.7. The van der Waals surface area contributed by atoms with Crippen molar-refractivity contribution in [3.05, 3.63) is 26.0 Å². The van der Waals surface area contributed by atoms with Crippen LogP contribution in [-0.2, 0) is 33.6 Å². The predicted molar refractivity (Wildman–Crippen MR) is 184 cm³/mol. The van der Waals surface area contributed by atoms with Crippen LogP contribution in [0.1, 0.15) is 57.9 Å². The minimum absolute atomic E-state index is 0.0361. The molecular weight excluding hydrogens is 690 g/mol. The highest BCUT2D eigenvalue weighted by molar-refractivity contribution is 5.97. The number of aliphatic hydroxyl groups excluding tert-OH is 1. The molecule has 0 radical (unpaired) electrons. The maximum absolute atomic E-state index is 13.2. The average Bonchev–Trinajstić information content (AvgIpc) is 3.54. The third-order valence-electron chi connectivity index (χ3n) is 8.13. The summed E-state index contributed by atoms with van der Waals surface area (Å²) in [6, 6.07) is -7.01. The van der Waals surface area contributed by atoms with Crippen LogP contribution >= 0.6 is 0 Å². The molecule has 1 aliphatic heterocycles. The van der Waals surface area contributed by atoms with Gasteiger partial charge in [-0.05, 0) is 44.9 Å². The van der Waals surface area contributed by atoms with Crippen molar-refractivity contribution in [1.29, 1.82) is 0 Å². The molecule has 52 heavy (non-hydrogen) atoms. The topological polar surface area (TPSA) is 342 Å². The lowest BCUT2D eigenvalue weighted by Gasteiger charge is -2.27. The zero-order valence-corrected chi connectivity index (χ0v) is 29.1. The monoisotopic (exact) mass is 737 g/mol. The number of carbonyl (C=O) groups is 7. The van der Waals surface area contributed by atoms with Gasteiger partial charge in [0, 0.05) is 18.7 Å². The van der Waals surface area contributed by atoms with Gasteiger partial charge in [-0.25, -0.2) is 4.79 Å². The highest BCUT2D eigenvalue weighted by Crippen LogP contribution is 2.25. The van der Waals surface area contributed by atoms with Gasteiger partial charge in [-0.1, -0.05) is 13.8 Å². The zero-order valence-electron chi connectivity index (χ0n) is 29.1. The number of amides is 5. The number of carboxylic acid groups (broad SMARTS) is 2. The van der Waals surface area contributed by atoms with Gasteiger partial charge in [0.15, 0.2) is 5.96 Å². The van der Waals surface area contributed by atoms with E-state index < -0.39 is 102 Å². The van der Waals surface area contributed by atoms with Crippen molar-refractivity contribution in [2.24, 2.45) is 22.4 Å². The first-order chi connectivity index (χ1) is 24.4. The molecule has 4 unspecified atom stereocenters. The highest BCUT2D eigenvalue weighted by Gasteiger charge is 2.36. The smallest absolute Gasteiger partial charge is 0.326 e. The Morgan fingerprint density at radius 1 is 0.885 bits per heavy atom. The van der Waals surface area contributed by atoms with Gasteiger partial charge >= 0.3 is 11.9 Å². The SMILES string of the molecule is Cc1c(N2CCCC2C(=O)NCC(=O)NC(CC(=O)O)C(=O)NC(CC(C)C)C(=O)N[C@H](CO)C(=O)NC(CCCN=C(N)N)C(=O)O)c(=O)c1=O. The molecule has 0 saturated carbocycles. The van der Waals surface area contributed by atoms with E-state index in [0.29, 0.717) is 19.4 Å². The van der Waals surface area contributed by atoms with Crippen LogP contribution in [0.4, 0.5) is 5.69 Å². The Kier molecular flexibility index (Phi) is 16.1. The Morgan fingerprint density at radius 3 is 2.04 bits per heavy atom. The number of hydrogen-bond acceptors (Lipinski definition) is 12. The van der Waals surface area contributed by atoms with Crippen LogP contribution in [0.3, 0.4) is 0 Å². The molecule has 0 bridgehead atoms. The Balaban J connectivity index is 2.06. The number of guanidine groups is 1. The summed E-state index contributed by atoms with van der Waals surface area (Å²) in [7, 11) is 0. The molecule has 0 aromatic heterocycles. The van der Waals surface area contributed by atoms with E-state index in [0.717, 1.165) is 0 Å². The minimum atomic E-state index is -1.72. The molecule has 1 aliphatic rings. The van der Waals surface area contributed by atoms with Gasteiger partial charge in [0.05, 0.1) is 25.3 Å². The summed E-state index contributed by atoms with van der Waals surface area (Å²) in [6.45, 7) is 3.68. The molecule has 0 spiro atoms. The molecule has 12 N–H and O–H groups in total. The highest BCUT2D eigenvalue weighted by atomic mass is 16.4. The molecule has 1 fully saturated rings. The van der Waals surface area contributed by atoms with Gasteiger partial charge < -0.3 is 58.3 Å². The van der Waals surface area contributed by atoms with Crippen molar-refractivity contribution in [2.45, 2.75) is 89.5 Å². The normalized spacial score (nSPS) is 16.2. The van der Waals surface area contributed by atoms with E-state index in [1.807, 2.05) is 0 Å². The van der Waals surface area contributed by atoms with Crippen molar-refractivity contribution in [3.8, 4) is 0 Å². The molecule has 1 aromatic carbocycles. The number of aliphatic carboxylic acids is 2. The summed E-state index contributed by atoms with van der Waals surface area (Å²) in [5, 5.41) is 40.1. The molecule has 5 atom stereocenters. The minimum Gasteiger partial charge on any atom is -0.481 e. The number of nitrogens with zero attached hydrogens (tertiary/aromatic N) is 2. The van der Waals surface area contributed by atoms with E-state index in [-0.39, 0.29) is 48.9 Å². The maximum Gasteiger partial charge on any atom is 0.326 e. The van der Waals surface area contributed by atoms with Crippen LogP contribution in [0.15, 0.2) is 14.6 Å². The molecule has 0 aliphatic carbocycles. The number of hydrogen-bond donors (Lipinski definition) is 10. The largest absolute Gasteiger partial charge is 0.481 e. The van der Waals surface area contributed by atoms with Crippen LogP contribution < -0.4 is 53.8 Å². The molecule has 2 rings (SSSR count). The first kappa shape index (κ1) is 42.6. The van der Waals surface area contributed by atoms with Gasteiger partial charge in [0.25, 0.3) is 0 Å². The number of carbonyl (C=O) groups excluding carboxylic acids is 5. The number of nitrogens with two attached hydrogens (primary N) is 2. The van der Waals surface area contributed by atoms with Crippen molar-refractivity contribution in [3.63, 3.8) is 0 Å². The fourth-order valence-corrected chi connectivity index (χ4v) is 5.54. The van der Waals surface area contributed by atoms with Crippen LogP contribution in [-0.4, -0.2) is 119 Å². The molecule has 1 saturated heterocycles. The first-order valence-corrected chi connectivity index (χ1v) is 16.5. The average molecular weight is 738 g/mol. The number of carboxylic acids is 2. The molecule has 21 heteroatoms. The molecular formula is C31H47N9O12. The summed E-state index contributed by atoms with van der Waals surface area (Å²) < 4.78 is 0. The van der Waals surface area contributed by atoms with Crippen molar-refractivity contribution in [1.82, 2.24) is 26.6 Å². The van der Waals surface area contributed by atoms with E-state index in [1.165, 1.54) is 11.8 Å². The van der Waals surface area contributed by atoms with Crippen LogP contribution in [0.25, 0.3) is 0 Å². The summed E-state index contributed by atoms with van der Waals surface area (Å²) >= 11 is 0. The van der Waals surface area contributed by atoms with E-state index in [4.69, 9.17) is 11.5 Å². The number of aliphatic imine (C=N–C) groups is 1. The first-order valence-electron chi connectivity index (χ1n) is 16.5. The lowest BCUT2D eigenvalue weighted by atomic mass is 10.0. The third-order valence-corrected chi connectivity index (χ3v) is 8.13. The Morgan fingerprint density at radius 2 is 1.48 bits per heavy atom. The Bertz CT molecular complexity index is 1600. The number of nitrogens with one attached hydrogen (secondary N) is 5. The molecule has 1 heterocycles. The van der Waals surface area contributed by atoms with Crippen LogP contribution in [0.5, 0.6) is 0 Å². The fourth-order valence-electron chi connectivity index (χ4n) is 5.54. The number of rotatable bonds is 21. The second-order valence-electron chi connectivity index (χ2n) is 12.7. The van der Waals surface area contributed by atoms with Crippen molar-refractivity contribution >= 4 is 53.1 Å². The Hall–Kier alpha value is -5.60. The summed E-state index contributed by atoms with van der Waals surface area (Å²) in [4.78, 5) is 117. The predicted octanol–water partition coefficient (Wildman–Crippen LogP) is -4.73. The van der Waals surface area contributed by atoms with Crippen molar-refractivity contribution in [2.75, 3.05) is 31.1 Å². The van der Waals surface area contributed by atoms with E-state index >= 15 is 0 Å². The molecule has 1 aromatic rings. The summed E-state index contributed by atoms with van der Waals surface area (Å²) in [6.07, 6.45) is 0.0272. The van der Waals surface area contributed by atoms with E-state index in [9.17, 15) is 58.5 Å². The lowest BCUT2D eigenvalue weighted by molar-refractivity contribution is -0.142. The molecule has 5 amide bonds. The van der Waals surface area contributed by atoms with Gasteiger partial charge in [-0.15, -0.1) is 0 Å². The van der Waals surface area contributed by atoms with Crippen LogP contribution in [0.2, 0.25) is 0 Å².